The molecule has 16 heavy (non-hydrogen) atoms. The highest BCUT2D eigenvalue weighted by molar-refractivity contribution is 6.30. The average Bonchev–Trinajstić information content (AvgIpc) is 2.43. The number of carbonyl (C=O) groups excluding carboxylic acids is 1. The van der Waals surface area contributed by atoms with Crippen LogP contribution in [0, 0.1) is 11.6 Å². The summed E-state index contributed by atoms with van der Waals surface area (Å²) in [5, 5.41) is -0.463. The average molecular weight is 266 g/mol. The standard InChI is InChI=1S/C10H7Cl2F2NO/c11-5-1-7(13)10(8(14)2-5)15-4-6(12)3-9(15)16/h1-2,6H,3-4H2. The molecule has 0 radical (unpaired) electrons. The molecule has 0 spiro atoms. The first-order valence-electron chi connectivity index (χ1n) is 4.58. The Kier molecular flexibility index (Phi) is 3.04. The number of carbonyl (C=O) groups is 1. The molecule has 0 aliphatic carbocycles. The molecule has 1 aromatic rings. The second-order valence-corrected chi connectivity index (χ2v) is 4.58. The molecular weight excluding hydrogens is 259 g/mol. The van der Waals surface area contributed by atoms with Crippen LogP contribution in [0.1, 0.15) is 6.42 Å². The fourth-order valence-corrected chi connectivity index (χ4v) is 2.13. The summed E-state index contributed by atoms with van der Waals surface area (Å²) in [7, 11) is 0. The van der Waals surface area contributed by atoms with Crippen molar-refractivity contribution in [3.05, 3.63) is 28.8 Å². The molecule has 1 heterocycles. The predicted molar refractivity (Wildman–Crippen MR) is 58.0 cm³/mol. The monoisotopic (exact) mass is 265 g/mol. The Morgan fingerprint density at radius 2 is 1.88 bits per heavy atom. The zero-order chi connectivity index (χ0) is 11.9. The SMILES string of the molecule is O=C1CC(Cl)CN1c1c(F)cc(Cl)cc1F. The van der Waals surface area contributed by atoms with Gasteiger partial charge in [-0.2, -0.15) is 0 Å². The van der Waals surface area contributed by atoms with E-state index in [0.29, 0.717) is 0 Å². The van der Waals surface area contributed by atoms with Crippen LogP contribution < -0.4 is 4.90 Å². The Bertz CT molecular complexity index is 429. The minimum Gasteiger partial charge on any atom is -0.306 e. The van der Waals surface area contributed by atoms with Crippen LogP contribution in [-0.2, 0) is 4.79 Å². The fraction of sp³-hybridized carbons (Fsp3) is 0.300. The van der Waals surface area contributed by atoms with Crippen molar-refractivity contribution < 1.29 is 13.6 Å². The number of alkyl halides is 1. The van der Waals surface area contributed by atoms with E-state index >= 15 is 0 Å². The minimum atomic E-state index is -0.857. The van der Waals surface area contributed by atoms with Crippen LogP contribution >= 0.6 is 23.2 Å². The van der Waals surface area contributed by atoms with Crippen LogP contribution in [0.25, 0.3) is 0 Å². The summed E-state index contributed by atoms with van der Waals surface area (Å²) in [5.41, 5.74) is -0.377. The molecule has 6 heteroatoms. The van der Waals surface area contributed by atoms with E-state index in [1.807, 2.05) is 0 Å². The highest BCUT2D eigenvalue weighted by Gasteiger charge is 2.32. The third-order valence-electron chi connectivity index (χ3n) is 2.33. The first kappa shape index (κ1) is 11.6. The first-order chi connectivity index (χ1) is 7.49. The van der Waals surface area contributed by atoms with Crippen LogP contribution in [0.2, 0.25) is 5.02 Å². The van der Waals surface area contributed by atoms with Gasteiger partial charge in [-0.3, -0.25) is 4.79 Å². The maximum Gasteiger partial charge on any atom is 0.228 e. The minimum absolute atomic E-state index is 0.0483. The van der Waals surface area contributed by atoms with Crippen LogP contribution in [0.4, 0.5) is 14.5 Å². The molecule has 2 rings (SSSR count). The van der Waals surface area contributed by atoms with Crippen LogP contribution in [-0.4, -0.2) is 17.8 Å². The van der Waals surface area contributed by atoms with Gasteiger partial charge in [0.1, 0.15) is 5.69 Å². The maximum atomic E-state index is 13.5. The molecule has 1 fully saturated rings. The second-order valence-electron chi connectivity index (χ2n) is 3.52. The summed E-state index contributed by atoms with van der Waals surface area (Å²) >= 11 is 11.2. The smallest absolute Gasteiger partial charge is 0.228 e. The van der Waals surface area contributed by atoms with Crippen molar-refractivity contribution in [2.45, 2.75) is 11.8 Å². The molecule has 1 saturated heterocycles. The van der Waals surface area contributed by atoms with E-state index in [0.717, 1.165) is 17.0 Å². The van der Waals surface area contributed by atoms with E-state index in [1.165, 1.54) is 0 Å². The summed E-state index contributed by atoms with van der Waals surface area (Å²) in [4.78, 5) is 12.5. The van der Waals surface area contributed by atoms with Gasteiger partial charge in [-0.25, -0.2) is 8.78 Å². The van der Waals surface area contributed by atoms with Crippen molar-refractivity contribution >= 4 is 34.8 Å². The predicted octanol–water partition coefficient (Wildman–Crippen LogP) is 2.96. The molecule has 1 aromatic carbocycles. The second kappa shape index (κ2) is 4.18. The quantitative estimate of drug-likeness (QED) is 0.715. The van der Waals surface area contributed by atoms with E-state index in [-0.39, 0.29) is 29.6 Å². The molecule has 0 aromatic heterocycles. The van der Waals surface area contributed by atoms with E-state index in [1.54, 1.807) is 0 Å². The first-order valence-corrected chi connectivity index (χ1v) is 5.39. The molecule has 1 atom stereocenters. The van der Waals surface area contributed by atoms with Gasteiger partial charge in [-0.05, 0) is 12.1 Å². The zero-order valence-corrected chi connectivity index (χ0v) is 9.53. The van der Waals surface area contributed by atoms with Crippen molar-refractivity contribution in [1.29, 1.82) is 0 Å². The van der Waals surface area contributed by atoms with Gasteiger partial charge in [-0.15, -0.1) is 11.6 Å². The molecular formula is C10H7Cl2F2NO. The number of amides is 1. The Hall–Kier alpha value is -0.870. The molecule has 0 N–H and O–H groups in total. The summed E-state index contributed by atoms with van der Waals surface area (Å²) in [6.07, 6.45) is 0.0864. The van der Waals surface area contributed by atoms with Gasteiger partial charge in [0.15, 0.2) is 11.6 Å². The van der Waals surface area contributed by atoms with Gasteiger partial charge in [0.2, 0.25) is 5.91 Å². The molecule has 2 nitrogen and oxygen atoms in total. The molecule has 1 amide bonds. The number of benzene rings is 1. The lowest BCUT2D eigenvalue weighted by molar-refractivity contribution is -0.117. The van der Waals surface area contributed by atoms with Crippen molar-refractivity contribution in [3.63, 3.8) is 0 Å². The summed E-state index contributed by atoms with van der Waals surface area (Å²) in [6, 6.07) is 1.93. The zero-order valence-electron chi connectivity index (χ0n) is 8.01. The van der Waals surface area contributed by atoms with Crippen LogP contribution in [0.5, 0.6) is 0 Å². The van der Waals surface area contributed by atoms with Gasteiger partial charge < -0.3 is 4.90 Å². The van der Waals surface area contributed by atoms with Gasteiger partial charge in [0.05, 0.1) is 5.38 Å². The van der Waals surface area contributed by atoms with Crippen molar-refractivity contribution in [3.8, 4) is 0 Å². The molecule has 0 bridgehead atoms. The third kappa shape index (κ3) is 1.99. The van der Waals surface area contributed by atoms with Gasteiger partial charge in [0.25, 0.3) is 0 Å². The van der Waals surface area contributed by atoms with Crippen molar-refractivity contribution in [2.24, 2.45) is 0 Å². The molecule has 0 saturated carbocycles. The molecule has 86 valence electrons. The van der Waals surface area contributed by atoms with Crippen molar-refractivity contribution in [2.75, 3.05) is 11.4 Å². The number of hydrogen-bond acceptors (Lipinski definition) is 1. The van der Waals surface area contributed by atoms with Gasteiger partial charge in [-0.1, -0.05) is 11.6 Å². The lowest BCUT2D eigenvalue weighted by Gasteiger charge is -2.17. The topological polar surface area (TPSA) is 20.3 Å². The molecule has 1 unspecified atom stereocenters. The third-order valence-corrected chi connectivity index (χ3v) is 2.84. The van der Waals surface area contributed by atoms with E-state index < -0.39 is 17.0 Å². The normalized spacial score (nSPS) is 20.6. The number of rotatable bonds is 1. The Labute approximate surface area is 101 Å². The van der Waals surface area contributed by atoms with E-state index in [9.17, 15) is 13.6 Å². The van der Waals surface area contributed by atoms with Crippen LogP contribution in [0.3, 0.4) is 0 Å². The highest BCUT2D eigenvalue weighted by Crippen LogP contribution is 2.31. The Balaban J connectivity index is 2.44. The number of anilines is 1. The summed E-state index contributed by atoms with van der Waals surface area (Å²) < 4.78 is 27.0. The van der Waals surface area contributed by atoms with Gasteiger partial charge in [0, 0.05) is 18.0 Å². The molecule has 1 aliphatic heterocycles. The number of halogens is 4. The van der Waals surface area contributed by atoms with E-state index in [4.69, 9.17) is 23.2 Å². The lowest BCUT2D eigenvalue weighted by Crippen LogP contribution is -2.26. The van der Waals surface area contributed by atoms with Gasteiger partial charge >= 0.3 is 0 Å². The number of nitrogens with zero attached hydrogens (tertiary/aromatic N) is 1. The highest BCUT2D eigenvalue weighted by atomic mass is 35.5. The summed E-state index contributed by atoms with van der Waals surface area (Å²) in [6.45, 7) is 0.107. The van der Waals surface area contributed by atoms with Crippen LogP contribution in [0.15, 0.2) is 12.1 Å². The van der Waals surface area contributed by atoms with E-state index in [2.05, 4.69) is 0 Å². The molecule has 1 aliphatic rings. The lowest BCUT2D eigenvalue weighted by atomic mass is 10.2. The fourth-order valence-electron chi connectivity index (χ4n) is 1.67. The Morgan fingerprint density at radius 1 is 1.31 bits per heavy atom. The Morgan fingerprint density at radius 3 is 2.31 bits per heavy atom. The summed E-state index contributed by atoms with van der Waals surface area (Å²) in [5.74, 6) is -2.10. The maximum absolute atomic E-state index is 13.5. The number of hydrogen-bond donors (Lipinski definition) is 0. The largest absolute Gasteiger partial charge is 0.306 e. The van der Waals surface area contributed by atoms with Crippen molar-refractivity contribution in [1.82, 2.24) is 0 Å².